The average Bonchev–Trinajstić information content (AvgIpc) is 2.79. The van der Waals surface area contributed by atoms with Gasteiger partial charge >= 0.3 is 11.7 Å². The van der Waals surface area contributed by atoms with Crippen LogP contribution < -0.4 is 11.2 Å². The van der Waals surface area contributed by atoms with E-state index in [9.17, 15) is 19.5 Å². The number of aliphatic carboxylic acids is 1. The van der Waals surface area contributed by atoms with Crippen LogP contribution in [0.15, 0.2) is 21.9 Å². The van der Waals surface area contributed by atoms with E-state index in [2.05, 4.69) is 4.98 Å². The Bertz CT molecular complexity index is 690. The molecule has 3 atom stereocenters. The van der Waals surface area contributed by atoms with Crippen LogP contribution in [-0.2, 0) is 14.3 Å². The summed E-state index contributed by atoms with van der Waals surface area (Å²) >= 11 is 0. The molecular weight excluding hydrogens is 296 g/mol. The predicted octanol–water partition coefficient (Wildman–Crippen LogP) is -1.26. The minimum absolute atomic E-state index is 0.0244. The van der Waals surface area contributed by atoms with E-state index in [4.69, 9.17) is 14.6 Å². The Morgan fingerprint density at radius 2 is 2.27 bits per heavy atom. The molecule has 1 aliphatic heterocycles. The van der Waals surface area contributed by atoms with E-state index in [-0.39, 0.29) is 12.2 Å². The van der Waals surface area contributed by atoms with Crippen molar-refractivity contribution in [3.63, 3.8) is 0 Å². The number of carbonyl (C=O) groups is 1. The molecule has 1 aromatic rings. The molecule has 1 fully saturated rings. The number of H-pyrrole nitrogens is 1. The van der Waals surface area contributed by atoms with E-state index in [0.29, 0.717) is 0 Å². The summed E-state index contributed by atoms with van der Waals surface area (Å²) in [6.07, 6.45) is 1.94. The Labute approximate surface area is 124 Å². The Morgan fingerprint density at radius 3 is 2.91 bits per heavy atom. The van der Waals surface area contributed by atoms with Crippen LogP contribution in [0.4, 0.5) is 0 Å². The van der Waals surface area contributed by atoms with E-state index < -0.39 is 35.7 Å². The van der Waals surface area contributed by atoms with E-state index in [0.717, 1.165) is 16.7 Å². The maximum Gasteiger partial charge on any atom is 0.330 e. The number of methoxy groups -OCH3 is 1. The van der Waals surface area contributed by atoms with Gasteiger partial charge in [-0.25, -0.2) is 9.59 Å². The summed E-state index contributed by atoms with van der Waals surface area (Å²) in [6.45, 7) is 0.137. The molecule has 1 aliphatic rings. The number of nitrogens with one attached hydrogen (secondary N) is 1. The quantitative estimate of drug-likeness (QED) is 0.579. The van der Waals surface area contributed by atoms with Gasteiger partial charge < -0.3 is 19.7 Å². The number of aromatic amines is 1. The molecule has 0 bridgehead atoms. The highest BCUT2D eigenvalue weighted by Gasteiger charge is 2.35. The van der Waals surface area contributed by atoms with Crippen LogP contribution in [-0.4, -0.2) is 51.7 Å². The second-order valence-corrected chi connectivity index (χ2v) is 4.63. The van der Waals surface area contributed by atoms with E-state index in [1.165, 1.54) is 19.7 Å². The fourth-order valence-electron chi connectivity index (χ4n) is 2.03. The van der Waals surface area contributed by atoms with E-state index in [1.54, 1.807) is 0 Å². The number of hydrogen-bond acceptors (Lipinski definition) is 6. The molecule has 119 valence electrons. The third kappa shape index (κ3) is 3.50. The van der Waals surface area contributed by atoms with Crippen LogP contribution in [0.3, 0.4) is 0 Å². The van der Waals surface area contributed by atoms with Crippen LogP contribution in [0.2, 0.25) is 0 Å². The predicted molar refractivity (Wildman–Crippen MR) is 74.1 cm³/mol. The zero-order valence-electron chi connectivity index (χ0n) is 11.6. The largest absolute Gasteiger partial charge is 0.478 e. The summed E-state index contributed by atoms with van der Waals surface area (Å²) in [5.41, 5.74) is -1.47. The lowest BCUT2D eigenvalue weighted by Crippen LogP contribution is -2.33. The normalized spacial score (nSPS) is 24.9. The lowest BCUT2D eigenvalue weighted by molar-refractivity contribution is -0.131. The van der Waals surface area contributed by atoms with Gasteiger partial charge in [-0.3, -0.25) is 14.3 Å². The van der Waals surface area contributed by atoms with Crippen LogP contribution in [0.1, 0.15) is 11.8 Å². The summed E-state index contributed by atoms with van der Waals surface area (Å²) in [6, 6.07) is 0. The third-order valence-electron chi connectivity index (χ3n) is 3.06. The molecule has 0 spiro atoms. The monoisotopic (exact) mass is 311 g/mol. The van der Waals surface area contributed by atoms with Gasteiger partial charge in [0.25, 0.3) is 5.56 Å². The molecular formula is C13H15N2O7. The van der Waals surface area contributed by atoms with Gasteiger partial charge in [-0.1, -0.05) is 0 Å². The van der Waals surface area contributed by atoms with Crippen molar-refractivity contribution in [2.75, 3.05) is 13.7 Å². The van der Waals surface area contributed by atoms with E-state index in [1.807, 2.05) is 0 Å². The van der Waals surface area contributed by atoms with Crippen molar-refractivity contribution < 1.29 is 24.5 Å². The number of carboxylic acids is 1. The van der Waals surface area contributed by atoms with Crippen molar-refractivity contribution in [3.8, 4) is 0 Å². The van der Waals surface area contributed by atoms with Gasteiger partial charge in [0.15, 0.2) is 0 Å². The highest BCUT2D eigenvalue weighted by molar-refractivity contribution is 5.85. The summed E-state index contributed by atoms with van der Waals surface area (Å²) in [5.74, 6) is -1.23. The number of aliphatic hydroxyl groups excluding tert-OH is 1. The van der Waals surface area contributed by atoms with Crippen LogP contribution in [0.25, 0.3) is 6.08 Å². The molecule has 22 heavy (non-hydrogen) atoms. The maximum absolute atomic E-state index is 11.8. The molecule has 2 rings (SSSR count). The van der Waals surface area contributed by atoms with Crippen molar-refractivity contribution in [2.45, 2.75) is 18.4 Å². The minimum Gasteiger partial charge on any atom is -0.478 e. The van der Waals surface area contributed by atoms with Crippen LogP contribution >= 0.6 is 0 Å². The molecule has 0 saturated carbocycles. The lowest BCUT2D eigenvalue weighted by Gasteiger charge is -2.15. The number of rotatable bonds is 5. The molecule has 0 aromatic carbocycles. The van der Waals surface area contributed by atoms with Crippen molar-refractivity contribution in [1.29, 1.82) is 0 Å². The third-order valence-corrected chi connectivity index (χ3v) is 3.06. The van der Waals surface area contributed by atoms with Crippen molar-refractivity contribution >= 4 is 12.0 Å². The fraction of sp³-hybridized carbons (Fsp3) is 0.385. The fourth-order valence-corrected chi connectivity index (χ4v) is 2.03. The van der Waals surface area contributed by atoms with Gasteiger partial charge in [0.05, 0.1) is 18.3 Å². The number of ether oxygens (including phenoxy) is 2. The standard InChI is InChI=1S/C13H15N2O7/c1-21-6-9-8(16)4-10(22-9)15-5-7(2-3-11(17)18)12(19)14-13(15)20/h2-5,8-10,16H,6H2,1H3,(H,17,18)(H,14,19,20)/b3-2+/t8?,9-,10-/m1/s1. The SMILES string of the molecule is COC[C@H]1O[C@@H](n2cc(/C=C/C(=O)O)c(=O)[nH]c2=O)[CH]C1O. The lowest BCUT2D eigenvalue weighted by atomic mass is 10.2. The van der Waals surface area contributed by atoms with Crippen molar-refractivity contribution in [2.24, 2.45) is 0 Å². The van der Waals surface area contributed by atoms with Gasteiger partial charge in [0.2, 0.25) is 0 Å². The Kier molecular flexibility index (Phi) is 4.91. The molecule has 1 radical (unpaired) electrons. The number of aliphatic hydroxyl groups is 1. The van der Waals surface area contributed by atoms with Crippen molar-refractivity contribution in [1.82, 2.24) is 9.55 Å². The second kappa shape index (κ2) is 6.69. The first-order chi connectivity index (χ1) is 10.4. The van der Waals surface area contributed by atoms with Gasteiger partial charge in [0.1, 0.15) is 12.3 Å². The smallest absolute Gasteiger partial charge is 0.330 e. The number of carboxylic acid groups (broad SMARTS) is 1. The number of hydrogen-bond donors (Lipinski definition) is 3. The van der Waals surface area contributed by atoms with Crippen LogP contribution in [0, 0.1) is 6.42 Å². The summed E-state index contributed by atoms with van der Waals surface area (Å²) in [7, 11) is 1.45. The highest BCUT2D eigenvalue weighted by atomic mass is 16.6. The first-order valence-electron chi connectivity index (χ1n) is 6.36. The number of nitrogens with zero attached hydrogens (tertiary/aromatic N) is 1. The highest BCUT2D eigenvalue weighted by Crippen LogP contribution is 2.26. The molecule has 9 nitrogen and oxygen atoms in total. The van der Waals surface area contributed by atoms with Crippen LogP contribution in [0.5, 0.6) is 0 Å². The Morgan fingerprint density at radius 1 is 1.55 bits per heavy atom. The number of aromatic nitrogens is 2. The van der Waals surface area contributed by atoms with E-state index >= 15 is 0 Å². The molecule has 1 unspecified atom stereocenters. The average molecular weight is 311 g/mol. The zero-order valence-corrected chi connectivity index (χ0v) is 11.6. The van der Waals surface area contributed by atoms with Gasteiger partial charge in [-0.2, -0.15) is 0 Å². The Hall–Kier alpha value is -2.23. The topological polar surface area (TPSA) is 131 Å². The molecule has 1 saturated heterocycles. The van der Waals surface area contributed by atoms with Gasteiger partial charge in [0, 0.05) is 25.8 Å². The first-order valence-corrected chi connectivity index (χ1v) is 6.36. The summed E-state index contributed by atoms with van der Waals surface area (Å²) < 4.78 is 11.4. The molecule has 9 heteroatoms. The second-order valence-electron chi connectivity index (χ2n) is 4.63. The molecule has 0 aliphatic carbocycles. The summed E-state index contributed by atoms with van der Waals surface area (Å²) in [4.78, 5) is 36.0. The molecule has 0 amide bonds. The minimum atomic E-state index is -1.23. The zero-order chi connectivity index (χ0) is 16.3. The van der Waals surface area contributed by atoms with Gasteiger partial charge in [-0.05, 0) is 6.08 Å². The maximum atomic E-state index is 11.8. The Balaban J connectivity index is 2.32. The first kappa shape index (κ1) is 16.1. The van der Waals surface area contributed by atoms with Crippen molar-refractivity contribution in [3.05, 3.63) is 45.1 Å². The molecule has 1 aromatic heterocycles. The molecule has 3 N–H and O–H groups in total. The summed E-state index contributed by atoms with van der Waals surface area (Å²) in [5, 5.41) is 18.4. The molecule has 2 heterocycles. The van der Waals surface area contributed by atoms with Gasteiger partial charge in [-0.15, -0.1) is 0 Å².